The summed E-state index contributed by atoms with van der Waals surface area (Å²) < 4.78 is 39.8. The van der Waals surface area contributed by atoms with Gasteiger partial charge in [0.15, 0.2) is 17.5 Å². The van der Waals surface area contributed by atoms with E-state index in [1.807, 2.05) is 19.1 Å². The van der Waals surface area contributed by atoms with E-state index in [1.165, 1.54) is 24.3 Å². The Kier molecular flexibility index (Phi) is 5.44. The molecule has 0 fully saturated rings. The van der Waals surface area contributed by atoms with Crippen molar-refractivity contribution in [1.82, 2.24) is 0 Å². The standard InChI is InChI=1S/C21H15F3N2O2/c1-12-2-8-15(9-3-12)25-20(27)13-4-6-14(7-5-13)21(28)26-17-11-10-16(22)18(23)19(17)24/h2-11H,1H3,(H,25,27)(H,26,28). The zero-order valence-corrected chi connectivity index (χ0v) is 14.7. The van der Waals surface area contributed by atoms with Gasteiger partial charge in [-0.05, 0) is 55.5 Å². The van der Waals surface area contributed by atoms with E-state index >= 15 is 0 Å². The molecule has 0 atom stereocenters. The Morgan fingerprint density at radius 3 is 1.79 bits per heavy atom. The van der Waals surface area contributed by atoms with Crippen LogP contribution >= 0.6 is 0 Å². The van der Waals surface area contributed by atoms with Crippen molar-refractivity contribution in [3.8, 4) is 0 Å². The molecule has 0 aliphatic carbocycles. The molecule has 0 saturated heterocycles. The zero-order chi connectivity index (χ0) is 20.3. The van der Waals surface area contributed by atoms with E-state index in [1.54, 1.807) is 12.1 Å². The summed E-state index contributed by atoms with van der Waals surface area (Å²) in [6.45, 7) is 1.93. The third-order valence-corrected chi connectivity index (χ3v) is 4.00. The average molecular weight is 384 g/mol. The summed E-state index contributed by atoms with van der Waals surface area (Å²) >= 11 is 0. The molecular weight excluding hydrogens is 369 g/mol. The predicted molar refractivity (Wildman–Crippen MR) is 99.8 cm³/mol. The van der Waals surface area contributed by atoms with Gasteiger partial charge in [-0.15, -0.1) is 0 Å². The first kappa shape index (κ1) is 19.2. The molecule has 0 saturated carbocycles. The molecule has 7 heteroatoms. The van der Waals surface area contributed by atoms with Crippen molar-refractivity contribution in [1.29, 1.82) is 0 Å². The Morgan fingerprint density at radius 1 is 0.679 bits per heavy atom. The van der Waals surface area contributed by atoms with E-state index in [-0.39, 0.29) is 11.5 Å². The Labute approximate surface area is 159 Å². The van der Waals surface area contributed by atoms with E-state index in [2.05, 4.69) is 10.6 Å². The van der Waals surface area contributed by atoms with Crippen LogP contribution in [0.5, 0.6) is 0 Å². The Balaban J connectivity index is 1.69. The molecule has 0 bridgehead atoms. The van der Waals surface area contributed by atoms with Gasteiger partial charge >= 0.3 is 0 Å². The van der Waals surface area contributed by atoms with Gasteiger partial charge in [0.05, 0.1) is 5.69 Å². The summed E-state index contributed by atoms with van der Waals surface area (Å²) in [5, 5.41) is 4.89. The van der Waals surface area contributed by atoms with Crippen LogP contribution in [0.3, 0.4) is 0 Å². The summed E-state index contributed by atoms with van der Waals surface area (Å²) in [4.78, 5) is 24.4. The van der Waals surface area contributed by atoms with Crippen LogP contribution in [0.4, 0.5) is 24.5 Å². The smallest absolute Gasteiger partial charge is 0.255 e. The lowest BCUT2D eigenvalue weighted by molar-refractivity contribution is 0.101. The van der Waals surface area contributed by atoms with Crippen LogP contribution in [-0.2, 0) is 0 Å². The van der Waals surface area contributed by atoms with Gasteiger partial charge in [0.1, 0.15) is 0 Å². The summed E-state index contributed by atoms with van der Waals surface area (Å²) in [6.07, 6.45) is 0. The van der Waals surface area contributed by atoms with Crippen LogP contribution in [0.1, 0.15) is 26.3 Å². The Hall–Kier alpha value is -3.61. The molecule has 2 amide bonds. The summed E-state index contributed by atoms with van der Waals surface area (Å²) in [7, 11) is 0. The van der Waals surface area contributed by atoms with Crippen molar-refractivity contribution in [2.75, 3.05) is 10.6 Å². The van der Waals surface area contributed by atoms with Crippen molar-refractivity contribution in [3.05, 3.63) is 94.8 Å². The van der Waals surface area contributed by atoms with Gasteiger partial charge in [-0.3, -0.25) is 9.59 Å². The second-order valence-electron chi connectivity index (χ2n) is 6.07. The van der Waals surface area contributed by atoms with Gasteiger partial charge in [0, 0.05) is 16.8 Å². The lowest BCUT2D eigenvalue weighted by atomic mass is 10.1. The average Bonchev–Trinajstić information content (AvgIpc) is 2.70. The number of rotatable bonds is 4. The second kappa shape index (κ2) is 7.96. The Bertz CT molecular complexity index is 1030. The number of carbonyl (C=O) groups is 2. The quantitative estimate of drug-likeness (QED) is 0.628. The molecule has 142 valence electrons. The SMILES string of the molecule is Cc1ccc(NC(=O)c2ccc(C(=O)Nc3ccc(F)c(F)c3F)cc2)cc1. The van der Waals surface area contributed by atoms with Gasteiger partial charge in [0.2, 0.25) is 0 Å². The minimum absolute atomic E-state index is 0.121. The molecule has 2 N–H and O–H groups in total. The number of carbonyl (C=O) groups excluding carboxylic acids is 2. The number of halogens is 3. The highest BCUT2D eigenvalue weighted by Crippen LogP contribution is 2.20. The van der Waals surface area contributed by atoms with Crippen LogP contribution in [0, 0.1) is 24.4 Å². The molecule has 0 spiro atoms. The third kappa shape index (κ3) is 4.20. The van der Waals surface area contributed by atoms with E-state index in [9.17, 15) is 22.8 Å². The maximum absolute atomic E-state index is 13.7. The first-order chi connectivity index (χ1) is 13.3. The molecule has 3 rings (SSSR count). The van der Waals surface area contributed by atoms with Crippen LogP contribution in [0.2, 0.25) is 0 Å². The lowest BCUT2D eigenvalue weighted by Gasteiger charge is -2.09. The molecule has 0 aliphatic heterocycles. The molecular formula is C21H15F3N2O2. The minimum atomic E-state index is -1.67. The number of amides is 2. The van der Waals surface area contributed by atoms with Crippen molar-refractivity contribution in [3.63, 3.8) is 0 Å². The van der Waals surface area contributed by atoms with Gasteiger partial charge in [0.25, 0.3) is 11.8 Å². The van der Waals surface area contributed by atoms with Crippen LogP contribution < -0.4 is 10.6 Å². The highest BCUT2D eigenvalue weighted by atomic mass is 19.2. The highest BCUT2D eigenvalue weighted by Gasteiger charge is 2.16. The molecule has 0 aromatic heterocycles. The van der Waals surface area contributed by atoms with E-state index in [0.717, 1.165) is 11.6 Å². The number of hydrogen-bond acceptors (Lipinski definition) is 2. The molecule has 0 radical (unpaired) electrons. The minimum Gasteiger partial charge on any atom is -0.322 e. The van der Waals surface area contributed by atoms with Gasteiger partial charge in [-0.1, -0.05) is 17.7 Å². The first-order valence-electron chi connectivity index (χ1n) is 8.28. The maximum atomic E-state index is 13.7. The number of anilines is 2. The molecule has 0 unspecified atom stereocenters. The monoisotopic (exact) mass is 384 g/mol. The normalized spacial score (nSPS) is 10.4. The van der Waals surface area contributed by atoms with Crippen LogP contribution in [0.25, 0.3) is 0 Å². The number of nitrogens with one attached hydrogen (secondary N) is 2. The van der Waals surface area contributed by atoms with Crippen molar-refractivity contribution in [2.24, 2.45) is 0 Å². The number of benzene rings is 3. The fraction of sp³-hybridized carbons (Fsp3) is 0.0476. The van der Waals surface area contributed by atoms with Gasteiger partial charge in [-0.25, -0.2) is 13.2 Å². The summed E-state index contributed by atoms with van der Waals surface area (Å²) in [5.41, 5.74) is 1.65. The second-order valence-corrected chi connectivity index (χ2v) is 6.07. The summed E-state index contributed by atoms with van der Waals surface area (Å²) in [5.74, 6) is -5.58. The first-order valence-corrected chi connectivity index (χ1v) is 8.28. The molecule has 4 nitrogen and oxygen atoms in total. The summed E-state index contributed by atoms with van der Waals surface area (Å²) in [6, 6.07) is 14.5. The Morgan fingerprint density at radius 2 is 1.21 bits per heavy atom. The molecule has 28 heavy (non-hydrogen) atoms. The fourth-order valence-electron chi connectivity index (χ4n) is 2.43. The maximum Gasteiger partial charge on any atom is 0.255 e. The van der Waals surface area contributed by atoms with Crippen molar-refractivity contribution < 1.29 is 22.8 Å². The number of hydrogen-bond donors (Lipinski definition) is 2. The fourth-order valence-corrected chi connectivity index (χ4v) is 2.43. The van der Waals surface area contributed by atoms with Crippen LogP contribution in [0.15, 0.2) is 60.7 Å². The molecule has 0 heterocycles. The molecule has 0 aliphatic rings. The van der Waals surface area contributed by atoms with Gasteiger partial charge in [-0.2, -0.15) is 0 Å². The molecule has 3 aromatic rings. The predicted octanol–water partition coefficient (Wildman–Crippen LogP) is 4.92. The van der Waals surface area contributed by atoms with E-state index in [0.29, 0.717) is 17.3 Å². The zero-order valence-electron chi connectivity index (χ0n) is 14.7. The van der Waals surface area contributed by atoms with Crippen LogP contribution in [-0.4, -0.2) is 11.8 Å². The van der Waals surface area contributed by atoms with Gasteiger partial charge < -0.3 is 10.6 Å². The van der Waals surface area contributed by atoms with Crippen molar-refractivity contribution >= 4 is 23.2 Å². The topological polar surface area (TPSA) is 58.2 Å². The molecule has 3 aromatic carbocycles. The van der Waals surface area contributed by atoms with E-state index in [4.69, 9.17) is 0 Å². The lowest BCUT2D eigenvalue weighted by Crippen LogP contribution is -2.15. The number of aryl methyl sites for hydroxylation is 1. The van der Waals surface area contributed by atoms with Crippen molar-refractivity contribution in [2.45, 2.75) is 6.92 Å². The van der Waals surface area contributed by atoms with E-state index < -0.39 is 29.0 Å². The third-order valence-electron chi connectivity index (χ3n) is 4.00. The largest absolute Gasteiger partial charge is 0.322 e. The highest BCUT2D eigenvalue weighted by molar-refractivity contribution is 6.07.